The van der Waals surface area contributed by atoms with Crippen LogP contribution in [0.4, 0.5) is 0 Å². The highest BCUT2D eigenvalue weighted by Gasteiger charge is 2.09. The van der Waals surface area contributed by atoms with Gasteiger partial charge in [0.25, 0.3) is 5.91 Å². The number of hydrogen-bond donors (Lipinski definition) is 1. The van der Waals surface area contributed by atoms with E-state index >= 15 is 0 Å². The number of methoxy groups -OCH3 is 1. The highest BCUT2D eigenvalue weighted by atomic mass is 16.5. The molecule has 0 fully saturated rings. The molecule has 5 heteroatoms. The van der Waals surface area contributed by atoms with Gasteiger partial charge in [0.1, 0.15) is 5.75 Å². The van der Waals surface area contributed by atoms with E-state index in [1.165, 1.54) is 12.7 Å². The maximum Gasteiger partial charge on any atom is 0.337 e. The minimum Gasteiger partial charge on any atom is -0.484 e. The Kier molecular flexibility index (Phi) is 7.01. The summed E-state index contributed by atoms with van der Waals surface area (Å²) >= 11 is 0. The molecule has 2 rings (SSSR count). The molecule has 0 bridgehead atoms. The van der Waals surface area contributed by atoms with Crippen molar-refractivity contribution in [3.8, 4) is 5.75 Å². The minimum absolute atomic E-state index is 0.0623. The summed E-state index contributed by atoms with van der Waals surface area (Å²) in [6.07, 6.45) is 1.78. The fourth-order valence-corrected chi connectivity index (χ4v) is 2.37. The van der Waals surface area contributed by atoms with Crippen LogP contribution in [-0.4, -0.2) is 31.6 Å². The minimum atomic E-state index is -0.406. The molecule has 5 nitrogen and oxygen atoms in total. The highest BCUT2D eigenvalue weighted by Crippen LogP contribution is 2.12. The lowest BCUT2D eigenvalue weighted by Gasteiger charge is -2.14. The summed E-state index contributed by atoms with van der Waals surface area (Å²) in [6, 6.07) is 16.7. The average Bonchev–Trinajstić information content (AvgIpc) is 2.65. The van der Waals surface area contributed by atoms with Gasteiger partial charge in [0.15, 0.2) is 6.61 Å². The number of carbonyl (C=O) groups excluding carboxylic acids is 2. The Labute approximate surface area is 148 Å². The number of esters is 1. The molecule has 132 valence electrons. The van der Waals surface area contributed by atoms with Crippen LogP contribution in [0.3, 0.4) is 0 Å². The van der Waals surface area contributed by atoms with Crippen LogP contribution in [0.1, 0.15) is 29.3 Å². The number of carbonyl (C=O) groups is 2. The van der Waals surface area contributed by atoms with Crippen LogP contribution in [0.5, 0.6) is 5.75 Å². The summed E-state index contributed by atoms with van der Waals surface area (Å²) in [6.45, 7) is 1.92. The molecule has 1 N–H and O–H groups in total. The van der Waals surface area contributed by atoms with Gasteiger partial charge >= 0.3 is 5.97 Å². The number of hydrogen-bond acceptors (Lipinski definition) is 4. The van der Waals surface area contributed by atoms with Crippen molar-refractivity contribution in [2.75, 3.05) is 13.7 Å². The molecule has 0 radical (unpaired) electrons. The molecular weight excluding hydrogens is 318 g/mol. The Hall–Kier alpha value is -2.82. The smallest absolute Gasteiger partial charge is 0.337 e. The predicted molar refractivity (Wildman–Crippen MR) is 95.6 cm³/mol. The zero-order chi connectivity index (χ0) is 18.1. The van der Waals surface area contributed by atoms with Crippen molar-refractivity contribution in [2.45, 2.75) is 25.8 Å². The molecule has 0 aromatic heterocycles. The molecule has 2 aromatic rings. The van der Waals surface area contributed by atoms with E-state index in [1.54, 1.807) is 24.3 Å². The number of rotatable bonds is 8. The Morgan fingerprint density at radius 3 is 2.36 bits per heavy atom. The number of amides is 1. The second kappa shape index (κ2) is 9.47. The van der Waals surface area contributed by atoms with Gasteiger partial charge < -0.3 is 14.8 Å². The zero-order valence-corrected chi connectivity index (χ0v) is 14.5. The summed E-state index contributed by atoms with van der Waals surface area (Å²) in [5.74, 6) is -0.0473. The monoisotopic (exact) mass is 341 g/mol. The number of ether oxygens (including phenoxy) is 2. The number of benzene rings is 2. The van der Waals surface area contributed by atoms with Gasteiger partial charge in [0, 0.05) is 6.04 Å². The van der Waals surface area contributed by atoms with Gasteiger partial charge in [-0.1, -0.05) is 30.3 Å². The van der Waals surface area contributed by atoms with Crippen molar-refractivity contribution in [3.05, 3.63) is 65.7 Å². The van der Waals surface area contributed by atoms with Gasteiger partial charge in [-0.15, -0.1) is 0 Å². The van der Waals surface area contributed by atoms with Gasteiger partial charge in [-0.3, -0.25) is 4.79 Å². The molecule has 0 aliphatic heterocycles. The van der Waals surface area contributed by atoms with Crippen molar-refractivity contribution < 1.29 is 19.1 Å². The highest BCUT2D eigenvalue weighted by molar-refractivity contribution is 5.89. The van der Waals surface area contributed by atoms with Crippen LogP contribution < -0.4 is 10.1 Å². The van der Waals surface area contributed by atoms with Crippen molar-refractivity contribution in [1.82, 2.24) is 5.32 Å². The van der Waals surface area contributed by atoms with Crippen LogP contribution in [0, 0.1) is 0 Å². The van der Waals surface area contributed by atoms with Gasteiger partial charge in [-0.05, 0) is 49.6 Å². The van der Waals surface area contributed by atoms with Crippen molar-refractivity contribution in [1.29, 1.82) is 0 Å². The van der Waals surface area contributed by atoms with E-state index in [-0.39, 0.29) is 18.6 Å². The van der Waals surface area contributed by atoms with Crippen LogP contribution in [0.15, 0.2) is 54.6 Å². The third-order valence-electron chi connectivity index (χ3n) is 3.76. The molecule has 0 spiro atoms. The summed E-state index contributed by atoms with van der Waals surface area (Å²) < 4.78 is 10.1. The molecule has 1 amide bonds. The maximum atomic E-state index is 11.9. The quantitative estimate of drug-likeness (QED) is 0.750. The van der Waals surface area contributed by atoms with Gasteiger partial charge in [0.2, 0.25) is 0 Å². The molecular formula is C20H23NO4. The third kappa shape index (κ3) is 6.30. The van der Waals surface area contributed by atoms with E-state index in [2.05, 4.69) is 22.2 Å². The van der Waals surface area contributed by atoms with Gasteiger partial charge in [-0.2, -0.15) is 0 Å². The topological polar surface area (TPSA) is 64.6 Å². The standard InChI is InChI=1S/C20H23NO4/c1-15(8-9-16-6-4-3-5-7-16)21-19(22)14-25-18-12-10-17(11-13-18)20(23)24-2/h3-7,10-13,15H,8-9,14H2,1-2H3,(H,21,22)/t15-/m0/s1. The maximum absolute atomic E-state index is 11.9. The Balaban J connectivity index is 1.71. The fraction of sp³-hybridized carbons (Fsp3) is 0.300. The van der Waals surface area contributed by atoms with E-state index in [0.29, 0.717) is 11.3 Å². The first kappa shape index (κ1) is 18.5. The van der Waals surface area contributed by atoms with E-state index < -0.39 is 5.97 Å². The largest absolute Gasteiger partial charge is 0.484 e. The molecule has 0 unspecified atom stereocenters. The summed E-state index contributed by atoms with van der Waals surface area (Å²) in [5, 5.41) is 2.92. The van der Waals surface area contributed by atoms with Gasteiger partial charge in [-0.25, -0.2) is 4.79 Å². The first-order chi connectivity index (χ1) is 12.1. The van der Waals surface area contributed by atoms with E-state index in [4.69, 9.17) is 4.74 Å². The summed E-state index contributed by atoms with van der Waals surface area (Å²) in [7, 11) is 1.33. The van der Waals surface area contributed by atoms with E-state index in [1.807, 2.05) is 25.1 Å². The zero-order valence-electron chi connectivity index (χ0n) is 14.5. The molecule has 0 saturated carbocycles. The lowest BCUT2D eigenvalue weighted by atomic mass is 10.1. The van der Waals surface area contributed by atoms with Gasteiger partial charge in [0.05, 0.1) is 12.7 Å². The van der Waals surface area contributed by atoms with Crippen LogP contribution in [-0.2, 0) is 16.0 Å². The first-order valence-corrected chi connectivity index (χ1v) is 8.23. The van der Waals surface area contributed by atoms with Crippen molar-refractivity contribution >= 4 is 11.9 Å². The van der Waals surface area contributed by atoms with Crippen LogP contribution in [0.2, 0.25) is 0 Å². The third-order valence-corrected chi connectivity index (χ3v) is 3.76. The molecule has 0 heterocycles. The molecule has 1 atom stereocenters. The summed E-state index contributed by atoms with van der Waals surface area (Å²) in [5.41, 5.74) is 1.69. The SMILES string of the molecule is COC(=O)c1ccc(OCC(=O)N[C@@H](C)CCc2ccccc2)cc1. The van der Waals surface area contributed by atoms with Crippen molar-refractivity contribution in [3.63, 3.8) is 0 Å². The number of nitrogens with one attached hydrogen (secondary N) is 1. The molecule has 0 aliphatic rings. The second-order valence-corrected chi connectivity index (χ2v) is 5.80. The Morgan fingerprint density at radius 2 is 1.72 bits per heavy atom. The summed E-state index contributed by atoms with van der Waals surface area (Å²) in [4.78, 5) is 23.3. The molecule has 0 saturated heterocycles. The fourth-order valence-electron chi connectivity index (χ4n) is 2.37. The van der Waals surface area contributed by atoms with E-state index in [0.717, 1.165) is 12.8 Å². The predicted octanol–water partition coefficient (Wildman–Crippen LogP) is 2.99. The second-order valence-electron chi connectivity index (χ2n) is 5.80. The lowest BCUT2D eigenvalue weighted by molar-refractivity contribution is -0.123. The Morgan fingerprint density at radius 1 is 1.04 bits per heavy atom. The molecule has 0 aliphatic carbocycles. The average molecular weight is 341 g/mol. The number of aryl methyl sites for hydroxylation is 1. The van der Waals surface area contributed by atoms with Crippen LogP contribution in [0.25, 0.3) is 0 Å². The lowest BCUT2D eigenvalue weighted by Crippen LogP contribution is -2.36. The molecule has 25 heavy (non-hydrogen) atoms. The Bertz CT molecular complexity index is 683. The van der Waals surface area contributed by atoms with E-state index in [9.17, 15) is 9.59 Å². The van der Waals surface area contributed by atoms with Crippen molar-refractivity contribution in [2.24, 2.45) is 0 Å². The van der Waals surface area contributed by atoms with Crippen LogP contribution >= 0.6 is 0 Å². The first-order valence-electron chi connectivity index (χ1n) is 8.23. The molecule has 2 aromatic carbocycles. The normalized spacial score (nSPS) is 11.4.